The third-order valence-corrected chi connectivity index (χ3v) is 10.3. The number of rotatable bonds is 0. The van der Waals surface area contributed by atoms with Crippen molar-refractivity contribution in [1.82, 2.24) is 9.55 Å². The molecule has 0 N–H and O–H groups in total. The van der Waals surface area contributed by atoms with Crippen molar-refractivity contribution >= 4 is 45.2 Å². The molecule has 1 aromatic heterocycles. The molecule has 0 saturated carbocycles. The second kappa shape index (κ2) is 7.24. The van der Waals surface area contributed by atoms with E-state index in [4.69, 9.17) is 4.98 Å². The lowest BCUT2D eigenvalue weighted by Gasteiger charge is -2.44. The highest BCUT2D eigenvalue weighted by Crippen LogP contribution is 2.56. The van der Waals surface area contributed by atoms with Crippen LogP contribution in [0.2, 0.25) is 0 Å². The molecule has 3 heterocycles. The molecule has 10 rings (SSSR count). The van der Waals surface area contributed by atoms with E-state index in [1.165, 1.54) is 77.4 Å². The Labute approximate surface area is 239 Å². The molecule has 41 heavy (non-hydrogen) atoms. The molecule has 0 unspecified atom stereocenters. The monoisotopic (exact) mass is 520 g/mol. The maximum atomic E-state index is 5.49. The maximum absolute atomic E-state index is 5.49. The normalized spacial score (nSPS) is 14.7. The summed E-state index contributed by atoms with van der Waals surface area (Å²) in [5.41, 5.74) is 17.8. The first-order valence-electron chi connectivity index (χ1n) is 14.5. The van der Waals surface area contributed by atoms with Crippen molar-refractivity contribution in [2.75, 3.05) is 0 Å². The Hall–Kier alpha value is -4.89. The van der Waals surface area contributed by atoms with E-state index in [0.29, 0.717) is 0 Å². The third-order valence-electron chi connectivity index (χ3n) is 10.3. The maximum Gasteiger partial charge on any atom is 0.289 e. The highest BCUT2D eigenvalue weighted by atomic mass is 15.1. The first kappa shape index (κ1) is 21.9. The smallest absolute Gasteiger partial charge is 0.289 e. The lowest BCUT2D eigenvalue weighted by molar-refractivity contribution is 0.775. The van der Waals surface area contributed by atoms with Crippen LogP contribution in [-0.4, -0.2) is 16.3 Å². The van der Waals surface area contributed by atoms with Crippen molar-refractivity contribution in [3.63, 3.8) is 0 Å². The van der Waals surface area contributed by atoms with Crippen molar-refractivity contribution < 1.29 is 0 Å². The van der Waals surface area contributed by atoms with E-state index >= 15 is 0 Å². The van der Waals surface area contributed by atoms with Crippen LogP contribution in [0.1, 0.15) is 33.4 Å². The van der Waals surface area contributed by atoms with Crippen LogP contribution < -0.4 is 16.6 Å². The van der Waals surface area contributed by atoms with Crippen LogP contribution in [-0.2, 0) is 5.41 Å². The summed E-state index contributed by atoms with van der Waals surface area (Å²) in [6, 6.07) is 43.4. The van der Waals surface area contributed by atoms with E-state index in [-0.39, 0.29) is 12.1 Å². The summed E-state index contributed by atoms with van der Waals surface area (Å²) in [5.74, 6) is 0. The van der Waals surface area contributed by atoms with E-state index in [1.807, 2.05) is 0 Å². The minimum atomic E-state index is -0.377. The summed E-state index contributed by atoms with van der Waals surface area (Å²) in [5, 5.41) is 2.65. The number of aromatic nitrogens is 2. The topological polar surface area (TPSA) is 17.8 Å². The molecule has 1 aliphatic carbocycles. The number of imidazole rings is 1. The van der Waals surface area contributed by atoms with Gasteiger partial charge in [0.05, 0.1) is 27.9 Å². The van der Waals surface area contributed by atoms with Gasteiger partial charge in [-0.15, -0.1) is 0 Å². The van der Waals surface area contributed by atoms with Gasteiger partial charge in [-0.25, -0.2) is 4.98 Å². The number of hydrogen-bond donors (Lipinski definition) is 0. The van der Waals surface area contributed by atoms with Crippen LogP contribution in [0.3, 0.4) is 0 Å². The summed E-state index contributed by atoms with van der Waals surface area (Å²) in [6.07, 6.45) is 0. The minimum Gasteiger partial charge on any atom is -0.303 e. The van der Waals surface area contributed by atoms with Gasteiger partial charge in [0.15, 0.2) is 0 Å². The zero-order valence-corrected chi connectivity index (χ0v) is 22.9. The molecule has 0 bridgehead atoms. The Morgan fingerprint density at radius 2 is 1.34 bits per heavy atom. The number of nitrogens with zero attached hydrogens (tertiary/aromatic N) is 2. The fourth-order valence-electron chi connectivity index (χ4n) is 8.52. The standard InChI is InChI=1S/C38H25BN2/c1-22-18-21-33-36(23(22)2)40-37-39-31-16-8-7-15-29(31)38(27-13-5-3-11-25(27)26-12-4-6-14-28(26)38)30-20-19-24-10-9-17-32(41(33)37)34(24)35(30)39/h3-21H,1-2H3. The molecule has 0 radical (unpaired) electrons. The highest BCUT2D eigenvalue weighted by Gasteiger charge is 2.54. The predicted octanol–water partition coefficient (Wildman–Crippen LogP) is 6.30. The van der Waals surface area contributed by atoms with Crippen molar-refractivity contribution in [1.29, 1.82) is 0 Å². The summed E-state index contributed by atoms with van der Waals surface area (Å²) in [4.78, 5) is 5.49. The minimum absolute atomic E-state index is 0.0532. The molecule has 0 amide bonds. The molecule has 0 saturated heterocycles. The van der Waals surface area contributed by atoms with E-state index in [9.17, 15) is 0 Å². The molecule has 3 aliphatic rings. The molecular weight excluding hydrogens is 495 g/mol. The Bertz CT molecular complexity index is 2260. The molecule has 2 aliphatic heterocycles. The van der Waals surface area contributed by atoms with Crippen LogP contribution in [0.5, 0.6) is 0 Å². The number of fused-ring (bicyclic) bond motifs is 14. The van der Waals surface area contributed by atoms with Crippen LogP contribution >= 0.6 is 0 Å². The van der Waals surface area contributed by atoms with Crippen molar-refractivity contribution in [2.45, 2.75) is 19.3 Å². The van der Waals surface area contributed by atoms with Gasteiger partial charge in [-0.05, 0) is 75.9 Å². The largest absolute Gasteiger partial charge is 0.303 e. The lowest BCUT2D eigenvalue weighted by Crippen LogP contribution is -2.65. The lowest BCUT2D eigenvalue weighted by atomic mass is 9.31. The van der Waals surface area contributed by atoms with Gasteiger partial charge < -0.3 is 4.57 Å². The van der Waals surface area contributed by atoms with E-state index in [1.54, 1.807) is 0 Å². The zero-order valence-electron chi connectivity index (χ0n) is 22.9. The van der Waals surface area contributed by atoms with Crippen LogP contribution in [0.25, 0.3) is 38.6 Å². The third kappa shape index (κ3) is 2.35. The van der Waals surface area contributed by atoms with Gasteiger partial charge in [-0.2, -0.15) is 0 Å². The predicted molar refractivity (Wildman–Crippen MR) is 170 cm³/mol. The van der Waals surface area contributed by atoms with Gasteiger partial charge in [0.2, 0.25) is 0 Å². The van der Waals surface area contributed by atoms with E-state index in [2.05, 4.69) is 134 Å². The zero-order chi connectivity index (χ0) is 27.0. The van der Waals surface area contributed by atoms with Gasteiger partial charge in [0, 0.05) is 5.39 Å². The fourth-order valence-corrected chi connectivity index (χ4v) is 8.52. The first-order valence-corrected chi connectivity index (χ1v) is 14.5. The molecule has 0 atom stereocenters. The molecule has 6 aromatic carbocycles. The fraction of sp³-hybridized carbons (Fsp3) is 0.0789. The van der Waals surface area contributed by atoms with Gasteiger partial charge in [0.25, 0.3) is 6.71 Å². The van der Waals surface area contributed by atoms with Gasteiger partial charge in [-0.1, -0.05) is 114 Å². The Kier molecular flexibility index (Phi) is 3.87. The molecular formula is C38H25BN2. The average Bonchev–Trinajstić information content (AvgIpc) is 3.55. The second-order valence-corrected chi connectivity index (χ2v) is 11.9. The van der Waals surface area contributed by atoms with Crippen LogP contribution in [0.15, 0.2) is 115 Å². The molecule has 7 aromatic rings. The molecule has 2 nitrogen and oxygen atoms in total. The number of hydrogen-bond acceptors (Lipinski definition) is 1. The number of benzene rings is 6. The van der Waals surface area contributed by atoms with E-state index in [0.717, 1.165) is 11.2 Å². The molecule has 190 valence electrons. The molecule has 0 fully saturated rings. The van der Waals surface area contributed by atoms with Gasteiger partial charge >= 0.3 is 0 Å². The van der Waals surface area contributed by atoms with Gasteiger partial charge in [-0.3, -0.25) is 0 Å². The summed E-state index contributed by atoms with van der Waals surface area (Å²) < 4.78 is 2.46. The second-order valence-electron chi connectivity index (χ2n) is 11.9. The Balaban J connectivity index is 1.46. The van der Waals surface area contributed by atoms with Crippen molar-refractivity contribution in [2.24, 2.45) is 0 Å². The quantitative estimate of drug-likeness (QED) is 0.215. The van der Waals surface area contributed by atoms with Crippen molar-refractivity contribution in [3.05, 3.63) is 149 Å². The molecule has 3 heteroatoms. The van der Waals surface area contributed by atoms with Gasteiger partial charge in [0.1, 0.15) is 0 Å². The summed E-state index contributed by atoms with van der Waals surface area (Å²) in [6.45, 7) is 4.46. The number of aryl methyl sites for hydroxylation is 2. The highest BCUT2D eigenvalue weighted by molar-refractivity contribution is 6.98. The first-order chi connectivity index (χ1) is 20.2. The van der Waals surface area contributed by atoms with Crippen molar-refractivity contribution in [3.8, 4) is 16.8 Å². The Morgan fingerprint density at radius 3 is 2.12 bits per heavy atom. The van der Waals surface area contributed by atoms with Crippen LogP contribution in [0, 0.1) is 13.8 Å². The van der Waals surface area contributed by atoms with Crippen LogP contribution in [0.4, 0.5) is 0 Å². The van der Waals surface area contributed by atoms with E-state index < -0.39 is 0 Å². The summed E-state index contributed by atoms with van der Waals surface area (Å²) in [7, 11) is 0. The SMILES string of the molecule is Cc1ccc2c(nc3n2-c2cccc4ccc5c(c24)B3c2ccccc2C52c3ccccc3-c3ccccc32)c1C. The summed E-state index contributed by atoms with van der Waals surface area (Å²) >= 11 is 0. The molecule has 1 spiro atoms. The average molecular weight is 520 g/mol. The Morgan fingerprint density at radius 1 is 0.634 bits per heavy atom.